The molecular formula is C12H15N3O3. The van der Waals surface area contributed by atoms with Gasteiger partial charge in [-0.05, 0) is 25.1 Å². The van der Waals surface area contributed by atoms with Crippen LogP contribution in [0, 0.1) is 11.3 Å². The maximum absolute atomic E-state index is 11.5. The van der Waals surface area contributed by atoms with Crippen LogP contribution in [0.3, 0.4) is 0 Å². The molecule has 18 heavy (non-hydrogen) atoms. The molecular weight excluding hydrogens is 234 g/mol. The Hall–Kier alpha value is -2.10. The highest BCUT2D eigenvalue weighted by molar-refractivity contribution is 5.89. The van der Waals surface area contributed by atoms with Crippen molar-refractivity contribution in [1.29, 1.82) is 5.26 Å². The number of nitrogens with zero attached hydrogens (tertiary/aromatic N) is 1. The number of amides is 2. The number of urea groups is 1. The Morgan fingerprint density at radius 2 is 2.28 bits per heavy atom. The van der Waals surface area contributed by atoms with Gasteiger partial charge in [0.2, 0.25) is 0 Å². The monoisotopic (exact) mass is 249 g/mol. The summed E-state index contributed by atoms with van der Waals surface area (Å²) in [5.41, 5.74) is -0.434. The third-order valence-corrected chi connectivity index (χ3v) is 2.22. The fraction of sp³-hybridized carbons (Fsp3) is 0.333. The van der Waals surface area contributed by atoms with Crippen LogP contribution in [0.1, 0.15) is 12.5 Å². The van der Waals surface area contributed by atoms with Crippen LogP contribution >= 0.6 is 0 Å². The van der Waals surface area contributed by atoms with Crippen molar-refractivity contribution in [3.05, 3.63) is 29.8 Å². The highest BCUT2D eigenvalue weighted by Gasteiger charge is 2.19. The van der Waals surface area contributed by atoms with Crippen LogP contribution in [0.15, 0.2) is 24.3 Å². The fourth-order valence-electron chi connectivity index (χ4n) is 1.17. The predicted octanol–water partition coefficient (Wildman–Crippen LogP) is 0.423. The van der Waals surface area contributed by atoms with Crippen molar-refractivity contribution in [1.82, 2.24) is 5.32 Å². The standard InChI is InChI=1S/C12H15N3O3/c1-12(18,8-16)7-14-11(17)15-10-4-2-3-9(5-10)6-13/h2-5,16,18H,7-8H2,1H3,(H2,14,15,17). The lowest BCUT2D eigenvalue weighted by molar-refractivity contribution is 0.00514. The highest BCUT2D eigenvalue weighted by atomic mass is 16.3. The van der Waals surface area contributed by atoms with Gasteiger partial charge in [0, 0.05) is 5.69 Å². The largest absolute Gasteiger partial charge is 0.393 e. The average molecular weight is 249 g/mol. The average Bonchev–Trinajstić information content (AvgIpc) is 2.37. The van der Waals surface area contributed by atoms with Crippen molar-refractivity contribution < 1.29 is 15.0 Å². The molecule has 0 saturated heterocycles. The van der Waals surface area contributed by atoms with Crippen molar-refractivity contribution in [2.45, 2.75) is 12.5 Å². The summed E-state index contributed by atoms with van der Waals surface area (Å²) in [5, 5.41) is 31.9. The SMILES string of the molecule is CC(O)(CO)CNC(=O)Nc1cccc(C#N)c1. The first kappa shape index (κ1) is 14.0. The van der Waals surface area contributed by atoms with Crippen LogP contribution in [0.5, 0.6) is 0 Å². The predicted molar refractivity (Wildman–Crippen MR) is 65.9 cm³/mol. The Morgan fingerprint density at radius 3 is 2.89 bits per heavy atom. The van der Waals surface area contributed by atoms with Gasteiger partial charge in [-0.1, -0.05) is 6.07 Å². The topological polar surface area (TPSA) is 105 Å². The lowest BCUT2D eigenvalue weighted by Gasteiger charge is -2.20. The molecule has 1 aromatic carbocycles. The smallest absolute Gasteiger partial charge is 0.319 e. The molecule has 0 saturated carbocycles. The van der Waals surface area contributed by atoms with E-state index in [0.717, 1.165) is 0 Å². The number of benzene rings is 1. The van der Waals surface area contributed by atoms with Gasteiger partial charge >= 0.3 is 6.03 Å². The highest BCUT2D eigenvalue weighted by Crippen LogP contribution is 2.09. The number of anilines is 1. The zero-order valence-corrected chi connectivity index (χ0v) is 9.97. The number of aliphatic hydroxyl groups is 2. The molecule has 0 heterocycles. The van der Waals surface area contributed by atoms with Crippen molar-refractivity contribution in [3.63, 3.8) is 0 Å². The van der Waals surface area contributed by atoms with E-state index in [4.69, 9.17) is 10.4 Å². The first-order valence-electron chi connectivity index (χ1n) is 5.35. The van der Waals surface area contributed by atoms with Gasteiger partial charge in [-0.3, -0.25) is 0 Å². The molecule has 1 rings (SSSR count). The number of aliphatic hydroxyl groups excluding tert-OH is 1. The molecule has 0 spiro atoms. The minimum atomic E-state index is -1.36. The summed E-state index contributed by atoms with van der Waals surface area (Å²) < 4.78 is 0. The zero-order chi connectivity index (χ0) is 13.6. The van der Waals surface area contributed by atoms with Gasteiger partial charge in [0.25, 0.3) is 0 Å². The van der Waals surface area contributed by atoms with Crippen molar-refractivity contribution in [3.8, 4) is 6.07 Å². The molecule has 0 aliphatic rings. The normalized spacial score (nSPS) is 13.2. The molecule has 1 unspecified atom stereocenters. The van der Waals surface area contributed by atoms with Gasteiger partial charge in [0.1, 0.15) is 5.60 Å². The van der Waals surface area contributed by atoms with Crippen molar-refractivity contribution in [2.24, 2.45) is 0 Å². The zero-order valence-electron chi connectivity index (χ0n) is 9.97. The van der Waals surface area contributed by atoms with E-state index in [0.29, 0.717) is 11.3 Å². The fourth-order valence-corrected chi connectivity index (χ4v) is 1.17. The summed E-state index contributed by atoms with van der Waals surface area (Å²) in [6.07, 6.45) is 0. The molecule has 0 aliphatic carbocycles. The molecule has 6 heteroatoms. The second-order valence-electron chi connectivity index (χ2n) is 4.16. The molecule has 6 nitrogen and oxygen atoms in total. The van der Waals surface area contributed by atoms with Gasteiger partial charge in [0.15, 0.2) is 0 Å². The summed E-state index contributed by atoms with van der Waals surface area (Å²) in [5.74, 6) is 0. The Morgan fingerprint density at radius 1 is 1.56 bits per heavy atom. The number of hydrogen-bond acceptors (Lipinski definition) is 4. The molecule has 96 valence electrons. The molecule has 2 amide bonds. The van der Waals surface area contributed by atoms with Gasteiger partial charge in [-0.15, -0.1) is 0 Å². The minimum Gasteiger partial charge on any atom is -0.393 e. The summed E-state index contributed by atoms with van der Waals surface area (Å²) in [4.78, 5) is 11.5. The van der Waals surface area contributed by atoms with Crippen molar-refractivity contribution >= 4 is 11.7 Å². The number of rotatable bonds is 4. The maximum Gasteiger partial charge on any atom is 0.319 e. The van der Waals surface area contributed by atoms with Crippen LogP contribution in [0.25, 0.3) is 0 Å². The van der Waals surface area contributed by atoms with Crippen LogP contribution < -0.4 is 10.6 Å². The van der Waals surface area contributed by atoms with Gasteiger partial charge < -0.3 is 20.8 Å². The first-order valence-corrected chi connectivity index (χ1v) is 5.35. The number of carbonyl (C=O) groups is 1. The molecule has 0 radical (unpaired) electrons. The van der Waals surface area contributed by atoms with Gasteiger partial charge in [-0.25, -0.2) is 4.79 Å². The van der Waals surface area contributed by atoms with Crippen LogP contribution in [0.2, 0.25) is 0 Å². The number of hydrogen-bond donors (Lipinski definition) is 4. The van der Waals surface area contributed by atoms with E-state index in [-0.39, 0.29) is 6.54 Å². The molecule has 1 atom stereocenters. The Bertz CT molecular complexity index is 466. The van der Waals surface area contributed by atoms with E-state index in [1.807, 2.05) is 6.07 Å². The van der Waals surface area contributed by atoms with E-state index in [1.165, 1.54) is 13.0 Å². The number of nitriles is 1. The molecule has 0 fully saturated rings. The van der Waals surface area contributed by atoms with Crippen molar-refractivity contribution in [2.75, 3.05) is 18.5 Å². The van der Waals surface area contributed by atoms with Crippen LogP contribution in [-0.4, -0.2) is 35.0 Å². The van der Waals surface area contributed by atoms with E-state index in [1.54, 1.807) is 18.2 Å². The molecule has 0 bridgehead atoms. The van der Waals surface area contributed by atoms with Gasteiger partial charge in [0.05, 0.1) is 24.8 Å². The minimum absolute atomic E-state index is 0.0761. The van der Waals surface area contributed by atoms with Crippen LogP contribution in [-0.2, 0) is 0 Å². The Balaban J connectivity index is 2.52. The molecule has 1 aromatic rings. The third kappa shape index (κ3) is 4.41. The summed E-state index contributed by atoms with van der Waals surface area (Å²) in [6, 6.07) is 7.90. The van der Waals surface area contributed by atoms with Gasteiger partial charge in [-0.2, -0.15) is 5.26 Å². The third-order valence-electron chi connectivity index (χ3n) is 2.22. The Labute approximate surface area is 105 Å². The molecule has 4 N–H and O–H groups in total. The quantitative estimate of drug-likeness (QED) is 0.620. The maximum atomic E-state index is 11.5. The van der Waals surface area contributed by atoms with E-state index in [9.17, 15) is 9.90 Å². The number of carbonyl (C=O) groups excluding carboxylic acids is 1. The second-order valence-corrected chi connectivity index (χ2v) is 4.16. The summed E-state index contributed by atoms with van der Waals surface area (Å²) in [7, 11) is 0. The number of nitrogens with one attached hydrogen (secondary N) is 2. The summed E-state index contributed by atoms with van der Waals surface area (Å²) in [6.45, 7) is 0.883. The van der Waals surface area contributed by atoms with E-state index in [2.05, 4.69) is 10.6 Å². The van der Waals surface area contributed by atoms with E-state index < -0.39 is 18.2 Å². The van der Waals surface area contributed by atoms with Crippen LogP contribution in [0.4, 0.5) is 10.5 Å². The lowest BCUT2D eigenvalue weighted by atomic mass is 10.1. The molecule has 0 aromatic heterocycles. The summed E-state index contributed by atoms with van der Waals surface area (Å²) >= 11 is 0. The second kappa shape index (κ2) is 6.00. The molecule has 0 aliphatic heterocycles. The lowest BCUT2D eigenvalue weighted by Crippen LogP contribution is -2.44. The first-order chi connectivity index (χ1) is 8.46. The van der Waals surface area contributed by atoms with E-state index >= 15 is 0 Å². The Kier molecular flexibility index (Phi) is 4.66.